The Labute approximate surface area is 141 Å². The molecule has 2 aromatic rings. The third-order valence-electron chi connectivity index (χ3n) is 3.04. The number of para-hydroxylation sites is 1. The van der Waals surface area contributed by atoms with Crippen LogP contribution < -0.4 is 4.74 Å². The lowest BCUT2D eigenvalue weighted by atomic mass is 10.1. The molecule has 0 aliphatic carbocycles. The van der Waals surface area contributed by atoms with Crippen molar-refractivity contribution in [3.63, 3.8) is 0 Å². The zero-order chi connectivity index (χ0) is 16.8. The number of carbonyl (C=O) groups excluding carboxylic acids is 1. The van der Waals surface area contributed by atoms with Crippen molar-refractivity contribution < 1.29 is 19.2 Å². The van der Waals surface area contributed by atoms with Crippen LogP contribution >= 0.6 is 15.9 Å². The molecule has 0 spiro atoms. The highest BCUT2D eigenvalue weighted by molar-refractivity contribution is 9.10. The van der Waals surface area contributed by atoms with E-state index in [2.05, 4.69) is 15.9 Å². The Bertz CT molecular complexity index is 715. The van der Waals surface area contributed by atoms with E-state index in [0.717, 1.165) is 4.47 Å². The molecule has 0 saturated heterocycles. The Hall–Kier alpha value is -2.41. The molecule has 0 N–H and O–H groups in total. The molecule has 2 aromatic carbocycles. The van der Waals surface area contributed by atoms with Gasteiger partial charge in [-0.2, -0.15) is 0 Å². The molecule has 0 saturated carbocycles. The topological polar surface area (TPSA) is 78.7 Å². The van der Waals surface area contributed by atoms with Crippen LogP contribution in [0.4, 0.5) is 5.69 Å². The number of nitrogens with zero attached hydrogens (tertiary/aromatic N) is 1. The summed E-state index contributed by atoms with van der Waals surface area (Å²) in [6, 6.07) is 11.7. The van der Waals surface area contributed by atoms with Gasteiger partial charge in [0.05, 0.1) is 4.92 Å². The molecule has 0 fully saturated rings. The largest absolute Gasteiger partial charge is 0.490 e. The van der Waals surface area contributed by atoms with Crippen LogP contribution in [0.5, 0.6) is 5.75 Å². The fraction of sp³-hybridized carbons (Fsp3) is 0.188. The number of hydrogen-bond donors (Lipinski definition) is 0. The number of halogens is 1. The number of esters is 1. The molecule has 0 aliphatic heterocycles. The van der Waals surface area contributed by atoms with E-state index in [1.807, 2.05) is 12.1 Å². The number of rotatable bonds is 6. The van der Waals surface area contributed by atoms with Gasteiger partial charge in [-0.1, -0.05) is 28.1 Å². The van der Waals surface area contributed by atoms with Crippen molar-refractivity contribution in [3.8, 4) is 5.75 Å². The monoisotopic (exact) mass is 379 g/mol. The minimum Gasteiger partial charge on any atom is -0.490 e. The molecule has 120 valence electrons. The first-order chi connectivity index (χ1) is 11.0. The van der Waals surface area contributed by atoms with Crippen molar-refractivity contribution in [1.29, 1.82) is 0 Å². The number of nitro benzene ring substituents is 1. The minimum absolute atomic E-state index is 0.00000650. The maximum absolute atomic E-state index is 12.0. The summed E-state index contributed by atoms with van der Waals surface area (Å²) < 4.78 is 11.4. The van der Waals surface area contributed by atoms with Gasteiger partial charge in [0.15, 0.2) is 0 Å². The lowest BCUT2D eigenvalue weighted by molar-refractivity contribution is -0.385. The summed E-state index contributed by atoms with van der Waals surface area (Å²) in [6.07, 6.45) is 0. The van der Waals surface area contributed by atoms with Crippen molar-refractivity contribution >= 4 is 27.6 Å². The first-order valence-electron chi connectivity index (χ1n) is 6.78. The van der Waals surface area contributed by atoms with E-state index in [1.54, 1.807) is 31.2 Å². The van der Waals surface area contributed by atoms with Gasteiger partial charge >= 0.3 is 5.97 Å². The molecule has 0 amide bonds. The maximum Gasteiger partial charge on any atom is 0.345 e. The molecule has 0 bridgehead atoms. The summed E-state index contributed by atoms with van der Waals surface area (Å²) in [5.74, 6) is -0.0920. The fourth-order valence-corrected chi connectivity index (χ4v) is 2.23. The van der Waals surface area contributed by atoms with E-state index in [4.69, 9.17) is 9.47 Å². The van der Waals surface area contributed by atoms with Gasteiger partial charge in [-0.05, 0) is 37.3 Å². The molecule has 23 heavy (non-hydrogen) atoms. The van der Waals surface area contributed by atoms with E-state index in [-0.39, 0.29) is 24.5 Å². The highest BCUT2D eigenvalue weighted by atomic mass is 79.9. The van der Waals surface area contributed by atoms with Crippen LogP contribution in [-0.4, -0.2) is 24.1 Å². The van der Waals surface area contributed by atoms with Gasteiger partial charge in [-0.3, -0.25) is 10.1 Å². The maximum atomic E-state index is 12.0. The number of aryl methyl sites for hydroxylation is 1. The second-order valence-corrected chi connectivity index (χ2v) is 5.58. The van der Waals surface area contributed by atoms with Gasteiger partial charge in [0.2, 0.25) is 0 Å². The molecular weight excluding hydrogens is 366 g/mol. The lowest BCUT2D eigenvalue weighted by Gasteiger charge is -2.08. The summed E-state index contributed by atoms with van der Waals surface area (Å²) in [5.41, 5.74) is 0.125. The summed E-state index contributed by atoms with van der Waals surface area (Å²) in [5, 5.41) is 11.1. The van der Waals surface area contributed by atoms with Gasteiger partial charge in [-0.15, -0.1) is 0 Å². The Balaban J connectivity index is 1.91. The molecule has 0 aliphatic rings. The Morgan fingerprint density at radius 3 is 2.52 bits per heavy atom. The van der Waals surface area contributed by atoms with E-state index in [1.165, 1.54) is 6.07 Å². The van der Waals surface area contributed by atoms with Crippen LogP contribution in [0.1, 0.15) is 15.9 Å². The molecule has 6 nitrogen and oxygen atoms in total. The molecule has 0 radical (unpaired) electrons. The standard InChI is InChI=1S/C16H14BrNO5/c1-11-3-2-4-14(15(11)18(20)21)16(19)23-10-9-22-13-7-5-12(17)6-8-13/h2-8H,9-10H2,1H3. The van der Waals surface area contributed by atoms with Crippen LogP contribution in [-0.2, 0) is 4.74 Å². The van der Waals surface area contributed by atoms with Gasteiger partial charge in [0, 0.05) is 10.0 Å². The number of nitro groups is 1. The molecule has 2 rings (SSSR count). The summed E-state index contributed by atoms with van der Waals surface area (Å²) in [4.78, 5) is 22.5. The summed E-state index contributed by atoms with van der Waals surface area (Å²) >= 11 is 3.32. The number of carbonyl (C=O) groups is 1. The van der Waals surface area contributed by atoms with Crippen LogP contribution in [0.25, 0.3) is 0 Å². The quantitative estimate of drug-likeness (QED) is 0.329. The number of hydrogen-bond acceptors (Lipinski definition) is 5. The molecule has 0 aromatic heterocycles. The fourth-order valence-electron chi connectivity index (χ4n) is 1.97. The average Bonchev–Trinajstić information content (AvgIpc) is 2.52. The summed E-state index contributed by atoms with van der Waals surface area (Å²) in [7, 11) is 0. The molecule has 0 heterocycles. The number of ether oxygens (including phenoxy) is 2. The van der Waals surface area contributed by atoms with Crippen molar-refractivity contribution in [2.75, 3.05) is 13.2 Å². The zero-order valence-corrected chi connectivity index (χ0v) is 13.9. The normalized spacial score (nSPS) is 10.2. The van der Waals surface area contributed by atoms with E-state index in [9.17, 15) is 14.9 Å². The van der Waals surface area contributed by atoms with Gasteiger partial charge in [0.1, 0.15) is 24.5 Å². The predicted octanol–water partition coefficient (Wildman–Crippen LogP) is 3.90. The van der Waals surface area contributed by atoms with Crippen molar-refractivity contribution in [1.82, 2.24) is 0 Å². The third-order valence-corrected chi connectivity index (χ3v) is 3.57. The highest BCUT2D eigenvalue weighted by Gasteiger charge is 2.23. The lowest BCUT2D eigenvalue weighted by Crippen LogP contribution is -2.14. The van der Waals surface area contributed by atoms with Gasteiger partial charge in [-0.25, -0.2) is 4.79 Å². The highest BCUT2D eigenvalue weighted by Crippen LogP contribution is 2.23. The molecular formula is C16H14BrNO5. The smallest absolute Gasteiger partial charge is 0.345 e. The number of benzene rings is 2. The van der Waals surface area contributed by atoms with Crippen LogP contribution in [0.2, 0.25) is 0 Å². The third kappa shape index (κ3) is 4.53. The van der Waals surface area contributed by atoms with Gasteiger partial charge < -0.3 is 9.47 Å². The zero-order valence-electron chi connectivity index (χ0n) is 12.3. The minimum atomic E-state index is -0.736. The van der Waals surface area contributed by atoms with Crippen LogP contribution in [0.3, 0.4) is 0 Å². The second-order valence-electron chi connectivity index (χ2n) is 4.67. The van der Waals surface area contributed by atoms with E-state index >= 15 is 0 Å². The van der Waals surface area contributed by atoms with Crippen molar-refractivity contribution in [2.45, 2.75) is 6.92 Å². The Morgan fingerprint density at radius 2 is 1.87 bits per heavy atom. The Morgan fingerprint density at radius 1 is 1.17 bits per heavy atom. The predicted molar refractivity (Wildman–Crippen MR) is 87.8 cm³/mol. The first kappa shape index (κ1) is 17.0. The molecule has 0 unspecified atom stereocenters. The average molecular weight is 380 g/mol. The molecule has 0 atom stereocenters. The van der Waals surface area contributed by atoms with Crippen molar-refractivity contribution in [3.05, 3.63) is 68.2 Å². The molecule has 7 heteroatoms. The van der Waals surface area contributed by atoms with Crippen LogP contribution in [0, 0.1) is 17.0 Å². The first-order valence-corrected chi connectivity index (χ1v) is 7.58. The summed E-state index contributed by atoms with van der Waals surface area (Å²) in [6.45, 7) is 1.73. The van der Waals surface area contributed by atoms with Crippen LogP contribution in [0.15, 0.2) is 46.9 Å². The van der Waals surface area contributed by atoms with E-state index < -0.39 is 10.9 Å². The van der Waals surface area contributed by atoms with Gasteiger partial charge in [0.25, 0.3) is 5.69 Å². The van der Waals surface area contributed by atoms with E-state index in [0.29, 0.717) is 11.3 Å². The Kier molecular flexibility index (Phi) is 5.70. The van der Waals surface area contributed by atoms with Crippen molar-refractivity contribution in [2.24, 2.45) is 0 Å². The second kappa shape index (κ2) is 7.73. The SMILES string of the molecule is Cc1cccc(C(=O)OCCOc2ccc(Br)cc2)c1[N+](=O)[O-].